The van der Waals surface area contributed by atoms with Crippen molar-refractivity contribution in [1.82, 2.24) is 20.6 Å². The van der Waals surface area contributed by atoms with E-state index in [-0.39, 0.29) is 38.8 Å². The van der Waals surface area contributed by atoms with Crippen molar-refractivity contribution in [3.05, 3.63) is 87.6 Å². The molecule has 0 spiro atoms. The Bertz CT molecular complexity index is 1440. The highest BCUT2D eigenvalue weighted by molar-refractivity contribution is 6.32. The number of rotatable bonds is 10. The number of benzene rings is 2. The molecular weight excluding hydrogens is 470 g/mol. The molecule has 4 aromatic rings. The first-order valence-electron chi connectivity index (χ1n) is 10.8. The van der Waals surface area contributed by atoms with Gasteiger partial charge < -0.3 is 14.9 Å². The highest BCUT2D eigenvalue weighted by Gasteiger charge is 2.22. The molecule has 0 fully saturated rings. The van der Waals surface area contributed by atoms with E-state index in [1.165, 1.54) is 12.1 Å². The maximum atomic E-state index is 13.3. The van der Waals surface area contributed by atoms with Gasteiger partial charge in [0.1, 0.15) is 23.6 Å². The molecule has 0 aliphatic rings. The van der Waals surface area contributed by atoms with Gasteiger partial charge in [-0.25, -0.2) is 0 Å². The van der Waals surface area contributed by atoms with Crippen LogP contribution in [0.5, 0.6) is 5.75 Å². The number of hydrogen-bond acceptors (Lipinski definition) is 8. The average molecular weight is 492 g/mol. The molecule has 0 unspecified atom stereocenters. The number of halogens is 1. The third kappa shape index (κ3) is 5.30. The lowest BCUT2D eigenvalue weighted by atomic mass is 10.0. The molecule has 2 heterocycles. The number of anilines is 1. The van der Waals surface area contributed by atoms with Gasteiger partial charge in [0.15, 0.2) is 5.78 Å². The summed E-state index contributed by atoms with van der Waals surface area (Å²) in [5, 5.41) is 13.6. The van der Waals surface area contributed by atoms with Gasteiger partial charge in [-0.15, -0.1) is 16.8 Å². The first-order valence-corrected chi connectivity index (χ1v) is 11.2. The third-order valence-corrected chi connectivity index (χ3v) is 5.41. The zero-order valence-electron chi connectivity index (χ0n) is 18.7. The summed E-state index contributed by atoms with van der Waals surface area (Å²) in [7, 11) is 0. The number of aromatic nitrogens is 4. The molecule has 10 heteroatoms. The molecule has 2 aromatic heterocycles. The number of carbonyl (C=O) groups excluding carboxylic acids is 1. The van der Waals surface area contributed by atoms with E-state index in [1.54, 1.807) is 24.3 Å². The summed E-state index contributed by atoms with van der Waals surface area (Å²) in [6.45, 7) is 4.12. The van der Waals surface area contributed by atoms with Crippen molar-refractivity contribution in [2.45, 2.75) is 19.3 Å². The van der Waals surface area contributed by atoms with Gasteiger partial charge in [0.25, 0.3) is 0 Å². The summed E-state index contributed by atoms with van der Waals surface area (Å²) in [4.78, 5) is 26.2. The molecule has 0 amide bonds. The largest absolute Gasteiger partial charge is 0.490 e. The van der Waals surface area contributed by atoms with Crippen LogP contribution >= 0.6 is 11.6 Å². The van der Waals surface area contributed by atoms with Crippen LogP contribution in [0.25, 0.3) is 22.6 Å². The normalized spacial score (nSPS) is 11.2. The first-order chi connectivity index (χ1) is 17.0. The maximum Gasteiger partial charge on any atom is 0.242 e. The Kier molecular flexibility index (Phi) is 7.37. The monoisotopic (exact) mass is 491 g/mol. The van der Waals surface area contributed by atoms with Crippen molar-refractivity contribution in [3.8, 4) is 17.3 Å². The summed E-state index contributed by atoms with van der Waals surface area (Å²) in [6, 6.07) is 9.50. The predicted molar refractivity (Wildman–Crippen MR) is 134 cm³/mol. The molecule has 35 heavy (non-hydrogen) atoms. The van der Waals surface area contributed by atoms with Crippen molar-refractivity contribution < 1.29 is 13.9 Å². The molecule has 0 saturated heterocycles. The van der Waals surface area contributed by atoms with Crippen LogP contribution in [-0.4, -0.2) is 33.0 Å². The zero-order valence-corrected chi connectivity index (χ0v) is 19.4. The van der Waals surface area contributed by atoms with Crippen molar-refractivity contribution in [2.24, 2.45) is 0 Å². The molecule has 3 N–H and O–H groups in total. The number of unbranched alkanes of at least 4 members (excludes halogenated alkanes) is 2. The fraction of sp³-hybridized carbons (Fsp3) is 0.160. The highest BCUT2D eigenvalue weighted by atomic mass is 35.5. The Labute approximate surface area is 205 Å². The van der Waals surface area contributed by atoms with E-state index in [2.05, 4.69) is 33.3 Å². The quantitative estimate of drug-likeness (QED) is 0.184. The van der Waals surface area contributed by atoms with Gasteiger partial charge in [-0.05, 0) is 60.9 Å². The fourth-order valence-electron chi connectivity index (χ4n) is 3.44. The number of nitrogens with two attached hydrogens (primary N) is 1. The number of ketones is 1. The van der Waals surface area contributed by atoms with Gasteiger partial charge in [-0.1, -0.05) is 29.8 Å². The number of aromatic amines is 1. The zero-order chi connectivity index (χ0) is 24.8. The first kappa shape index (κ1) is 23.9. The molecule has 0 saturated carbocycles. The molecule has 0 bridgehead atoms. The number of nitrogen functional groups attached to an aromatic ring is 1. The molecule has 9 nitrogen and oxygen atoms in total. The van der Waals surface area contributed by atoms with Gasteiger partial charge in [0.2, 0.25) is 17.0 Å². The Hall–Kier alpha value is -4.24. The Morgan fingerprint density at radius 2 is 2.00 bits per heavy atom. The van der Waals surface area contributed by atoms with E-state index >= 15 is 0 Å². The number of carbonyl (C=O) groups is 1. The number of allylic oxidation sites excluding steroid dienone is 2. The number of tetrazole rings is 1. The van der Waals surface area contributed by atoms with Crippen molar-refractivity contribution >= 4 is 34.0 Å². The van der Waals surface area contributed by atoms with Crippen LogP contribution < -0.4 is 15.9 Å². The number of nitrogens with zero attached hydrogens (tertiary/aromatic N) is 3. The van der Waals surface area contributed by atoms with Gasteiger partial charge >= 0.3 is 0 Å². The SMILES string of the molecule is C=CCCC/C=C/COc1ccc(C(=O)c2cc(Cl)cc3c(=O)c(N)c(-c4nn[nH]n4)oc23)cc1. The number of H-pyrrole nitrogens is 1. The second-order valence-corrected chi connectivity index (χ2v) is 8.03. The van der Waals surface area contributed by atoms with Gasteiger partial charge in [-0.3, -0.25) is 9.59 Å². The van der Waals surface area contributed by atoms with Crippen LogP contribution in [0.1, 0.15) is 35.2 Å². The molecule has 4 rings (SSSR count). The van der Waals surface area contributed by atoms with Gasteiger partial charge in [0, 0.05) is 10.6 Å². The molecule has 0 aliphatic carbocycles. The summed E-state index contributed by atoms with van der Waals surface area (Å²) in [6.07, 6.45) is 8.92. The predicted octanol–water partition coefficient (Wildman–Crippen LogP) is 4.73. The van der Waals surface area contributed by atoms with Crippen LogP contribution in [0.2, 0.25) is 5.02 Å². The van der Waals surface area contributed by atoms with Crippen molar-refractivity contribution in [1.29, 1.82) is 0 Å². The van der Waals surface area contributed by atoms with E-state index in [1.807, 2.05) is 12.2 Å². The van der Waals surface area contributed by atoms with Crippen LogP contribution in [0.15, 0.2) is 70.4 Å². The highest BCUT2D eigenvalue weighted by Crippen LogP contribution is 2.30. The minimum absolute atomic E-state index is 0.00824. The molecule has 0 radical (unpaired) electrons. The molecule has 2 aromatic carbocycles. The van der Waals surface area contributed by atoms with Crippen LogP contribution in [-0.2, 0) is 0 Å². The van der Waals surface area contributed by atoms with Crippen LogP contribution in [0.4, 0.5) is 5.69 Å². The smallest absolute Gasteiger partial charge is 0.242 e. The van der Waals surface area contributed by atoms with E-state index in [4.69, 9.17) is 26.5 Å². The lowest BCUT2D eigenvalue weighted by Crippen LogP contribution is -2.13. The lowest BCUT2D eigenvalue weighted by Gasteiger charge is -2.09. The summed E-state index contributed by atoms with van der Waals surface area (Å²) in [5.74, 6) is 0.130. The van der Waals surface area contributed by atoms with Gasteiger partial charge in [0.05, 0.1) is 10.9 Å². The van der Waals surface area contributed by atoms with E-state index in [0.717, 1.165) is 19.3 Å². The van der Waals surface area contributed by atoms with E-state index < -0.39 is 11.2 Å². The van der Waals surface area contributed by atoms with E-state index in [0.29, 0.717) is 17.9 Å². The minimum atomic E-state index is -0.552. The molecule has 0 aliphatic heterocycles. The maximum absolute atomic E-state index is 13.3. The van der Waals surface area contributed by atoms with Gasteiger partial charge in [-0.2, -0.15) is 5.21 Å². The number of nitrogens with one attached hydrogen (secondary N) is 1. The molecular formula is C25H22ClN5O4. The standard InChI is InChI=1S/C25H22ClN5O4/c1-2-3-4-5-6-7-12-34-17-10-8-15(9-11-17)21(32)18-13-16(26)14-19-22(33)20(27)24(35-23(18)19)25-28-30-31-29-25/h2,6-11,13-14H,1,3-5,12,27H2,(H,28,29,30,31)/b7-6+. The fourth-order valence-corrected chi connectivity index (χ4v) is 3.66. The van der Waals surface area contributed by atoms with Crippen LogP contribution in [0.3, 0.4) is 0 Å². The molecule has 0 atom stereocenters. The number of fused-ring (bicyclic) bond motifs is 1. The second-order valence-electron chi connectivity index (χ2n) is 7.59. The average Bonchev–Trinajstić information content (AvgIpc) is 3.40. The summed E-state index contributed by atoms with van der Waals surface area (Å²) >= 11 is 6.21. The number of hydrogen-bond donors (Lipinski definition) is 2. The Morgan fingerprint density at radius 1 is 1.20 bits per heavy atom. The summed E-state index contributed by atoms with van der Waals surface area (Å²) < 4.78 is 11.5. The second kappa shape index (κ2) is 10.8. The minimum Gasteiger partial charge on any atom is -0.490 e. The lowest BCUT2D eigenvalue weighted by molar-refractivity contribution is 0.103. The topological polar surface area (TPSA) is 137 Å². The number of ether oxygens (including phenoxy) is 1. The third-order valence-electron chi connectivity index (χ3n) is 5.19. The van der Waals surface area contributed by atoms with Crippen molar-refractivity contribution in [2.75, 3.05) is 12.3 Å². The summed E-state index contributed by atoms with van der Waals surface area (Å²) in [5.41, 5.74) is 5.67. The van der Waals surface area contributed by atoms with Crippen molar-refractivity contribution in [3.63, 3.8) is 0 Å². The molecule has 178 valence electrons. The van der Waals surface area contributed by atoms with Crippen LogP contribution in [0, 0.1) is 0 Å². The van der Waals surface area contributed by atoms with E-state index in [9.17, 15) is 9.59 Å². The Balaban J connectivity index is 1.60. The Morgan fingerprint density at radius 3 is 2.71 bits per heavy atom.